The van der Waals surface area contributed by atoms with Crippen LogP contribution in [0.3, 0.4) is 0 Å². The van der Waals surface area contributed by atoms with Gasteiger partial charge in [-0.1, -0.05) is 29.8 Å². The Labute approximate surface area is 110 Å². The second kappa shape index (κ2) is 5.04. The van der Waals surface area contributed by atoms with Gasteiger partial charge in [0.2, 0.25) is 0 Å². The van der Waals surface area contributed by atoms with E-state index < -0.39 is 15.6 Å². The number of benzene rings is 1. The smallest absolute Gasteiger partial charge is 0.195 e. The first kappa shape index (κ1) is 13.0. The molecule has 0 unspecified atom stereocenters. The summed E-state index contributed by atoms with van der Waals surface area (Å²) in [6.45, 7) is 1.87. The van der Waals surface area contributed by atoms with E-state index in [2.05, 4.69) is 0 Å². The molecule has 0 saturated heterocycles. The minimum absolute atomic E-state index is 0.239. The molecule has 1 aromatic carbocycles. The molecule has 1 heterocycles. The van der Waals surface area contributed by atoms with Crippen molar-refractivity contribution in [2.24, 2.45) is 0 Å². The van der Waals surface area contributed by atoms with E-state index in [-0.39, 0.29) is 9.99 Å². The van der Waals surface area contributed by atoms with Crippen LogP contribution in [0.2, 0.25) is 0 Å². The van der Waals surface area contributed by atoms with Crippen molar-refractivity contribution < 1.29 is 13.2 Å². The average Bonchev–Trinajstić information content (AvgIpc) is 2.82. The van der Waals surface area contributed by atoms with Crippen molar-refractivity contribution in [1.29, 1.82) is 0 Å². The number of carbonyl (C=O) groups is 1. The molecule has 0 amide bonds. The molecule has 0 atom stereocenters. The predicted octanol–water partition coefficient (Wildman–Crippen LogP) is 2.71. The highest BCUT2D eigenvalue weighted by molar-refractivity contribution is 7.94. The Morgan fingerprint density at radius 3 is 2.61 bits per heavy atom. The second-order valence-electron chi connectivity index (χ2n) is 3.98. The van der Waals surface area contributed by atoms with E-state index in [1.54, 1.807) is 29.6 Å². The summed E-state index contributed by atoms with van der Waals surface area (Å²) in [5, 5.41) is 1.68. The van der Waals surface area contributed by atoms with Crippen LogP contribution in [0.5, 0.6) is 0 Å². The van der Waals surface area contributed by atoms with Crippen molar-refractivity contribution in [3.05, 3.63) is 52.9 Å². The van der Waals surface area contributed by atoms with E-state index in [1.165, 1.54) is 6.07 Å². The summed E-state index contributed by atoms with van der Waals surface area (Å²) in [7, 11) is -3.51. The number of carbonyl (C=O) groups excluding carboxylic acids is 1. The third-order valence-electron chi connectivity index (χ3n) is 2.46. The maximum absolute atomic E-state index is 12.0. The average molecular weight is 280 g/mol. The highest BCUT2D eigenvalue weighted by atomic mass is 32.2. The maximum Gasteiger partial charge on any atom is 0.195 e. The van der Waals surface area contributed by atoms with Gasteiger partial charge in [-0.2, -0.15) is 0 Å². The van der Waals surface area contributed by atoms with Crippen molar-refractivity contribution in [2.75, 3.05) is 5.75 Å². The summed E-state index contributed by atoms with van der Waals surface area (Å²) in [5.74, 6) is -0.844. The summed E-state index contributed by atoms with van der Waals surface area (Å²) in [5.41, 5.74) is 1.38. The molecule has 94 valence electrons. The maximum atomic E-state index is 12.0. The molecule has 0 saturated carbocycles. The molecule has 0 fully saturated rings. The van der Waals surface area contributed by atoms with Crippen molar-refractivity contribution in [2.45, 2.75) is 11.1 Å². The van der Waals surface area contributed by atoms with Crippen LogP contribution in [0.25, 0.3) is 0 Å². The van der Waals surface area contributed by atoms with Gasteiger partial charge in [0.25, 0.3) is 0 Å². The highest BCUT2D eigenvalue weighted by Crippen LogP contribution is 2.18. The molecule has 0 aliphatic heterocycles. The van der Waals surface area contributed by atoms with Crippen LogP contribution in [0, 0.1) is 6.92 Å². The number of sulfone groups is 1. The monoisotopic (exact) mass is 280 g/mol. The van der Waals surface area contributed by atoms with Crippen molar-refractivity contribution in [1.82, 2.24) is 0 Å². The Kier molecular flexibility index (Phi) is 3.63. The largest absolute Gasteiger partial charge is 0.293 e. The van der Waals surface area contributed by atoms with Gasteiger partial charge in [-0.3, -0.25) is 4.79 Å². The fourth-order valence-corrected chi connectivity index (χ4v) is 3.90. The number of aryl methyl sites for hydroxylation is 1. The molecule has 3 nitrogen and oxygen atoms in total. The molecule has 1 aromatic heterocycles. The van der Waals surface area contributed by atoms with Crippen molar-refractivity contribution >= 4 is 27.0 Å². The first-order chi connectivity index (χ1) is 8.49. The third kappa shape index (κ3) is 2.86. The van der Waals surface area contributed by atoms with Gasteiger partial charge in [0.05, 0.1) is 0 Å². The normalized spacial score (nSPS) is 11.4. The minimum atomic E-state index is -3.51. The number of thiophene rings is 1. The van der Waals surface area contributed by atoms with Gasteiger partial charge in [0.15, 0.2) is 15.6 Å². The van der Waals surface area contributed by atoms with Gasteiger partial charge in [0.1, 0.15) is 9.96 Å². The van der Waals surface area contributed by atoms with Crippen LogP contribution in [-0.4, -0.2) is 20.0 Å². The third-order valence-corrected chi connectivity index (χ3v) is 5.57. The van der Waals surface area contributed by atoms with Crippen LogP contribution >= 0.6 is 11.3 Å². The Bertz CT molecular complexity index is 655. The Balaban J connectivity index is 2.23. The van der Waals surface area contributed by atoms with Crippen LogP contribution in [-0.2, 0) is 9.84 Å². The summed E-state index contributed by atoms with van der Waals surface area (Å²) >= 11 is 1.13. The first-order valence-electron chi connectivity index (χ1n) is 5.35. The van der Waals surface area contributed by atoms with Crippen LogP contribution in [0.15, 0.2) is 46.0 Å². The molecule has 0 spiro atoms. The molecular formula is C13H12O3S2. The lowest BCUT2D eigenvalue weighted by Crippen LogP contribution is -2.15. The number of Topliss-reactive ketones (excluding diaryl/α,β-unsaturated/α-hetero) is 1. The highest BCUT2D eigenvalue weighted by Gasteiger charge is 2.21. The van der Waals surface area contributed by atoms with Gasteiger partial charge in [-0.05, 0) is 24.4 Å². The van der Waals surface area contributed by atoms with E-state index in [9.17, 15) is 13.2 Å². The van der Waals surface area contributed by atoms with E-state index in [0.29, 0.717) is 5.56 Å². The number of hydrogen-bond acceptors (Lipinski definition) is 4. The zero-order chi connectivity index (χ0) is 13.2. The van der Waals surface area contributed by atoms with Crippen molar-refractivity contribution in [3.63, 3.8) is 0 Å². The summed E-state index contributed by atoms with van der Waals surface area (Å²) in [6.07, 6.45) is 0. The van der Waals surface area contributed by atoms with Crippen LogP contribution in [0.4, 0.5) is 0 Å². The number of ketones is 1. The fourth-order valence-electron chi connectivity index (χ4n) is 1.59. The van der Waals surface area contributed by atoms with Crippen LogP contribution < -0.4 is 0 Å². The first-order valence-corrected chi connectivity index (χ1v) is 7.88. The molecule has 0 aliphatic carbocycles. The topological polar surface area (TPSA) is 51.2 Å². The van der Waals surface area contributed by atoms with Gasteiger partial charge in [0, 0.05) is 5.56 Å². The lowest BCUT2D eigenvalue weighted by molar-refractivity contribution is 0.102. The Hall–Kier alpha value is -1.46. The quantitative estimate of drug-likeness (QED) is 0.809. The zero-order valence-electron chi connectivity index (χ0n) is 9.79. The lowest BCUT2D eigenvalue weighted by Gasteiger charge is -2.02. The summed E-state index contributed by atoms with van der Waals surface area (Å²) in [4.78, 5) is 11.9. The molecule has 0 bridgehead atoms. The standard InChI is InChI=1S/C13H12O3S2/c1-10-4-2-5-11(8-10)12(14)9-18(15,16)13-6-3-7-17-13/h2-8H,9H2,1H3. The molecular weight excluding hydrogens is 268 g/mol. The number of hydrogen-bond donors (Lipinski definition) is 0. The molecule has 0 aliphatic rings. The molecule has 18 heavy (non-hydrogen) atoms. The van der Waals surface area contributed by atoms with Gasteiger partial charge < -0.3 is 0 Å². The SMILES string of the molecule is Cc1cccc(C(=O)CS(=O)(=O)c2cccs2)c1. The van der Waals surface area contributed by atoms with Crippen molar-refractivity contribution in [3.8, 4) is 0 Å². The predicted molar refractivity (Wildman–Crippen MR) is 71.9 cm³/mol. The van der Waals surface area contributed by atoms with E-state index >= 15 is 0 Å². The zero-order valence-corrected chi connectivity index (χ0v) is 11.4. The number of rotatable bonds is 4. The fraction of sp³-hybridized carbons (Fsp3) is 0.154. The summed E-state index contributed by atoms with van der Waals surface area (Å²) < 4.78 is 24.1. The molecule has 0 N–H and O–H groups in total. The molecule has 0 radical (unpaired) electrons. The van der Waals surface area contributed by atoms with E-state index in [4.69, 9.17) is 0 Å². The van der Waals surface area contributed by atoms with Gasteiger partial charge in [-0.15, -0.1) is 11.3 Å². The second-order valence-corrected chi connectivity index (χ2v) is 7.15. The van der Waals surface area contributed by atoms with Gasteiger partial charge >= 0.3 is 0 Å². The van der Waals surface area contributed by atoms with Gasteiger partial charge in [-0.25, -0.2) is 8.42 Å². The molecule has 2 aromatic rings. The Morgan fingerprint density at radius 1 is 1.22 bits per heavy atom. The van der Waals surface area contributed by atoms with E-state index in [1.807, 2.05) is 13.0 Å². The molecule has 2 rings (SSSR count). The minimum Gasteiger partial charge on any atom is -0.293 e. The Morgan fingerprint density at radius 2 is 2.00 bits per heavy atom. The lowest BCUT2D eigenvalue weighted by atomic mass is 10.1. The summed E-state index contributed by atoms with van der Waals surface area (Å²) in [6, 6.07) is 10.1. The molecule has 5 heteroatoms. The van der Waals surface area contributed by atoms with E-state index in [0.717, 1.165) is 16.9 Å². The van der Waals surface area contributed by atoms with Crippen LogP contribution in [0.1, 0.15) is 15.9 Å².